The van der Waals surface area contributed by atoms with Gasteiger partial charge in [-0.15, -0.1) is 0 Å². The number of hydrogen-bond acceptors (Lipinski definition) is 3. The van der Waals surface area contributed by atoms with Gasteiger partial charge in [0.15, 0.2) is 0 Å². The Hall–Kier alpha value is -1.42. The van der Waals surface area contributed by atoms with Gasteiger partial charge in [-0.05, 0) is 62.9 Å². The van der Waals surface area contributed by atoms with E-state index < -0.39 is 0 Å². The highest BCUT2D eigenvalue weighted by atomic mass is 19.1. The van der Waals surface area contributed by atoms with E-state index in [9.17, 15) is 9.18 Å². The molecule has 0 aromatic heterocycles. The van der Waals surface area contributed by atoms with Crippen LogP contribution in [0.2, 0.25) is 0 Å². The van der Waals surface area contributed by atoms with Crippen LogP contribution < -0.4 is 4.90 Å². The summed E-state index contributed by atoms with van der Waals surface area (Å²) < 4.78 is 14.0. The van der Waals surface area contributed by atoms with Crippen LogP contribution in [-0.2, 0) is 0 Å². The van der Waals surface area contributed by atoms with Crippen molar-refractivity contribution in [1.29, 1.82) is 0 Å². The van der Waals surface area contributed by atoms with Crippen LogP contribution in [0.5, 0.6) is 0 Å². The first-order chi connectivity index (χ1) is 10.3. The molecule has 21 heavy (non-hydrogen) atoms. The number of aldehydes is 1. The lowest BCUT2D eigenvalue weighted by atomic mass is 9.95. The highest BCUT2D eigenvalue weighted by Gasteiger charge is 2.24. The van der Waals surface area contributed by atoms with E-state index in [4.69, 9.17) is 0 Å². The Morgan fingerprint density at radius 3 is 2.48 bits per heavy atom. The number of carbonyl (C=O) groups is 1. The van der Waals surface area contributed by atoms with Crippen LogP contribution in [0, 0.1) is 11.7 Å². The molecule has 0 aliphatic carbocycles. The number of halogens is 1. The molecule has 1 aromatic carbocycles. The van der Waals surface area contributed by atoms with E-state index in [-0.39, 0.29) is 5.82 Å². The topological polar surface area (TPSA) is 23.6 Å². The molecule has 114 valence electrons. The van der Waals surface area contributed by atoms with Crippen molar-refractivity contribution in [3.63, 3.8) is 0 Å². The summed E-state index contributed by atoms with van der Waals surface area (Å²) in [5.41, 5.74) is 1.04. The highest BCUT2D eigenvalue weighted by Crippen LogP contribution is 2.27. The first-order valence-corrected chi connectivity index (χ1v) is 7.98. The third-order valence-electron chi connectivity index (χ3n) is 4.78. The van der Waals surface area contributed by atoms with Gasteiger partial charge in [0.2, 0.25) is 0 Å². The van der Waals surface area contributed by atoms with Crippen LogP contribution in [0.15, 0.2) is 18.2 Å². The van der Waals surface area contributed by atoms with Gasteiger partial charge in [-0.3, -0.25) is 4.79 Å². The maximum Gasteiger partial charge on any atom is 0.150 e. The molecule has 0 unspecified atom stereocenters. The Bertz CT molecular complexity index is 492. The molecule has 3 rings (SSSR count). The maximum atomic E-state index is 14.0. The number of benzene rings is 1. The number of anilines is 1. The normalized spacial score (nSPS) is 20.9. The van der Waals surface area contributed by atoms with Crippen LogP contribution in [-0.4, -0.2) is 43.9 Å². The second-order valence-electron chi connectivity index (χ2n) is 6.27. The molecule has 0 amide bonds. The molecule has 0 spiro atoms. The summed E-state index contributed by atoms with van der Waals surface area (Å²) in [6.45, 7) is 5.54. The van der Waals surface area contributed by atoms with E-state index in [0.717, 1.165) is 31.8 Å². The molecule has 3 nitrogen and oxygen atoms in total. The van der Waals surface area contributed by atoms with E-state index >= 15 is 0 Å². The van der Waals surface area contributed by atoms with Crippen molar-refractivity contribution in [2.24, 2.45) is 5.92 Å². The summed E-state index contributed by atoms with van der Waals surface area (Å²) in [6.07, 6.45) is 5.63. The minimum atomic E-state index is -0.280. The van der Waals surface area contributed by atoms with Gasteiger partial charge in [0, 0.05) is 25.2 Å². The zero-order valence-electron chi connectivity index (χ0n) is 12.4. The van der Waals surface area contributed by atoms with E-state index in [1.165, 1.54) is 38.5 Å². The number of hydrogen-bond donors (Lipinski definition) is 0. The van der Waals surface area contributed by atoms with Crippen LogP contribution in [0.4, 0.5) is 10.1 Å². The number of likely N-dealkylation sites (tertiary alicyclic amines) is 1. The zero-order chi connectivity index (χ0) is 14.7. The fraction of sp³-hybridized carbons (Fsp3) is 0.588. The van der Waals surface area contributed by atoms with Gasteiger partial charge in [-0.1, -0.05) is 0 Å². The van der Waals surface area contributed by atoms with Gasteiger partial charge >= 0.3 is 0 Å². The Labute approximate surface area is 125 Å². The number of rotatable bonds is 4. The lowest BCUT2D eigenvalue weighted by Crippen LogP contribution is -2.38. The summed E-state index contributed by atoms with van der Waals surface area (Å²) in [6, 6.07) is 4.76. The van der Waals surface area contributed by atoms with Crippen LogP contribution in [0.3, 0.4) is 0 Å². The van der Waals surface area contributed by atoms with Gasteiger partial charge < -0.3 is 9.80 Å². The molecular formula is C17H23FN2O. The van der Waals surface area contributed by atoms with Crippen molar-refractivity contribution in [2.75, 3.05) is 37.6 Å². The minimum absolute atomic E-state index is 0.280. The van der Waals surface area contributed by atoms with Crippen molar-refractivity contribution in [3.8, 4) is 0 Å². The number of piperidine rings is 1. The Morgan fingerprint density at radius 2 is 1.86 bits per heavy atom. The molecule has 2 aliphatic rings. The van der Waals surface area contributed by atoms with E-state index in [1.54, 1.807) is 12.1 Å². The van der Waals surface area contributed by atoms with E-state index in [0.29, 0.717) is 17.5 Å². The summed E-state index contributed by atoms with van der Waals surface area (Å²) in [7, 11) is 0. The lowest BCUT2D eigenvalue weighted by Gasteiger charge is -2.35. The molecule has 2 saturated heterocycles. The van der Waals surface area contributed by atoms with Crippen molar-refractivity contribution in [1.82, 2.24) is 4.90 Å². The van der Waals surface area contributed by atoms with Gasteiger partial charge in [0.1, 0.15) is 12.1 Å². The first kappa shape index (κ1) is 14.5. The molecule has 1 aromatic rings. The molecular weight excluding hydrogens is 267 g/mol. The predicted molar refractivity (Wildman–Crippen MR) is 82.4 cm³/mol. The molecule has 0 saturated carbocycles. The fourth-order valence-electron chi connectivity index (χ4n) is 3.54. The average Bonchev–Trinajstić information content (AvgIpc) is 3.01. The standard InChI is InChI=1S/C17H23FN2O/c18-16-11-15(13-21)3-4-17(16)20-9-5-14(6-10-20)12-19-7-1-2-8-19/h3-4,11,13-14H,1-2,5-10,12H2. The summed E-state index contributed by atoms with van der Waals surface area (Å²) in [4.78, 5) is 15.4. The number of carbonyl (C=O) groups excluding carboxylic acids is 1. The largest absolute Gasteiger partial charge is 0.369 e. The summed E-state index contributed by atoms with van der Waals surface area (Å²) >= 11 is 0. The van der Waals surface area contributed by atoms with Crippen LogP contribution >= 0.6 is 0 Å². The smallest absolute Gasteiger partial charge is 0.150 e. The first-order valence-electron chi connectivity index (χ1n) is 7.98. The lowest BCUT2D eigenvalue weighted by molar-refractivity contribution is 0.112. The SMILES string of the molecule is O=Cc1ccc(N2CCC(CN3CCCC3)CC2)c(F)c1. The molecule has 2 aliphatic heterocycles. The maximum absolute atomic E-state index is 14.0. The monoisotopic (exact) mass is 290 g/mol. The third-order valence-corrected chi connectivity index (χ3v) is 4.78. The second kappa shape index (κ2) is 6.56. The minimum Gasteiger partial charge on any atom is -0.369 e. The summed E-state index contributed by atoms with van der Waals surface area (Å²) in [5.74, 6) is 0.467. The summed E-state index contributed by atoms with van der Waals surface area (Å²) in [5, 5.41) is 0. The van der Waals surface area contributed by atoms with E-state index in [2.05, 4.69) is 9.80 Å². The molecule has 0 bridgehead atoms. The molecule has 0 N–H and O–H groups in total. The average molecular weight is 290 g/mol. The molecule has 4 heteroatoms. The predicted octanol–water partition coefficient (Wildman–Crippen LogP) is 2.95. The Kier molecular flexibility index (Phi) is 4.54. The van der Waals surface area contributed by atoms with Crippen molar-refractivity contribution in [3.05, 3.63) is 29.6 Å². The van der Waals surface area contributed by atoms with Crippen LogP contribution in [0.25, 0.3) is 0 Å². The van der Waals surface area contributed by atoms with Crippen molar-refractivity contribution < 1.29 is 9.18 Å². The van der Waals surface area contributed by atoms with Crippen LogP contribution in [0.1, 0.15) is 36.0 Å². The van der Waals surface area contributed by atoms with Gasteiger partial charge in [0.25, 0.3) is 0 Å². The molecule has 2 fully saturated rings. The molecule has 0 atom stereocenters. The second-order valence-corrected chi connectivity index (χ2v) is 6.27. The zero-order valence-corrected chi connectivity index (χ0v) is 12.4. The van der Waals surface area contributed by atoms with Gasteiger partial charge in [-0.2, -0.15) is 0 Å². The highest BCUT2D eigenvalue weighted by molar-refractivity contribution is 5.76. The van der Waals surface area contributed by atoms with Gasteiger partial charge in [-0.25, -0.2) is 4.39 Å². The quantitative estimate of drug-likeness (QED) is 0.797. The number of nitrogens with zero attached hydrogens (tertiary/aromatic N) is 2. The van der Waals surface area contributed by atoms with Crippen molar-refractivity contribution >= 4 is 12.0 Å². The molecule has 2 heterocycles. The Balaban J connectivity index is 1.56. The fourth-order valence-corrected chi connectivity index (χ4v) is 3.54. The van der Waals surface area contributed by atoms with Crippen molar-refractivity contribution in [2.45, 2.75) is 25.7 Å². The van der Waals surface area contributed by atoms with Gasteiger partial charge in [0.05, 0.1) is 5.69 Å². The molecule has 0 radical (unpaired) electrons. The third kappa shape index (κ3) is 3.43. The Morgan fingerprint density at radius 1 is 1.14 bits per heavy atom. The van der Waals surface area contributed by atoms with E-state index in [1.807, 2.05) is 0 Å².